The maximum atomic E-state index is 12.9. The summed E-state index contributed by atoms with van der Waals surface area (Å²) in [6.45, 7) is 4.74. The van der Waals surface area contributed by atoms with Gasteiger partial charge in [-0.2, -0.15) is 0 Å². The number of hydrogen-bond acceptors (Lipinski definition) is 7. The van der Waals surface area contributed by atoms with E-state index in [1.165, 1.54) is 244 Å². The number of carbonyl (C=O) groups excluding carboxylic acids is 3. The first-order valence-corrected chi connectivity index (χ1v) is 30.7. The highest BCUT2D eigenvalue weighted by atomic mass is 16.6. The fraction of sp³-hybridized carbons (Fsp3) is 0.919. The van der Waals surface area contributed by atoms with Gasteiger partial charge in [-0.15, -0.1) is 0 Å². The van der Waals surface area contributed by atoms with Crippen molar-refractivity contribution < 1.29 is 38.2 Å². The first-order chi connectivity index (χ1) is 34.1. The monoisotopic (exact) mass is 990 g/mol. The van der Waals surface area contributed by atoms with E-state index in [4.69, 9.17) is 14.2 Å². The topological polar surface area (TPSA) is 102 Å². The number of esters is 2. The molecule has 0 amide bonds. The molecule has 0 heterocycles. The molecule has 2 atom stereocenters. The van der Waals surface area contributed by atoms with Crippen molar-refractivity contribution in [3.05, 3.63) is 12.2 Å². The summed E-state index contributed by atoms with van der Waals surface area (Å²) in [5.41, 5.74) is 0. The van der Waals surface area contributed by atoms with Gasteiger partial charge in [-0.05, 0) is 38.5 Å². The molecule has 0 aromatic carbocycles. The van der Waals surface area contributed by atoms with Gasteiger partial charge in [0.05, 0.1) is 40.3 Å². The Bertz CT molecular complexity index is 1150. The quantitative estimate of drug-likeness (QED) is 0.0259. The van der Waals surface area contributed by atoms with E-state index in [0.29, 0.717) is 12.8 Å². The van der Waals surface area contributed by atoms with Crippen molar-refractivity contribution in [1.82, 2.24) is 0 Å². The number of ether oxygens (including phenoxy) is 3. The first-order valence-electron chi connectivity index (χ1n) is 30.7. The summed E-state index contributed by atoms with van der Waals surface area (Å²) in [6.07, 6.45) is 62.7. The van der Waals surface area contributed by atoms with Crippen molar-refractivity contribution in [2.24, 2.45) is 0 Å². The fourth-order valence-corrected chi connectivity index (χ4v) is 9.66. The molecular formula is C62H119NO7. The molecule has 0 N–H and O–H groups in total. The van der Waals surface area contributed by atoms with Gasteiger partial charge in [0.15, 0.2) is 6.10 Å². The Morgan fingerprint density at radius 3 is 1.03 bits per heavy atom. The molecule has 0 spiro atoms. The van der Waals surface area contributed by atoms with Gasteiger partial charge >= 0.3 is 11.9 Å². The van der Waals surface area contributed by atoms with Gasteiger partial charge in [-0.3, -0.25) is 9.59 Å². The van der Waals surface area contributed by atoms with Crippen LogP contribution in [0.3, 0.4) is 0 Å². The molecule has 0 aliphatic carbocycles. The van der Waals surface area contributed by atoms with Crippen LogP contribution in [0.5, 0.6) is 0 Å². The summed E-state index contributed by atoms with van der Waals surface area (Å²) in [7, 11) is 5.44. The van der Waals surface area contributed by atoms with Crippen LogP contribution in [0.15, 0.2) is 12.2 Å². The molecule has 2 unspecified atom stereocenters. The van der Waals surface area contributed by atoms with Crippen LogP contribution in [0.25, 0.3) is 0 Å². The largest absolute Gasteiger partial charge is 0.544 e. The Morgan fingerprint density at radius 1 is 0.414 bits per heavy atom. The van der Waals surface area contributed by atoms with Crippen LogP contribution in [0.1, 0.15) is 316 Å². The smallest absolute Gasteiger partial charge is 0.306 e. The van der Waals surface area contributed by atoms with Gasteiger partial charge in [0.2, 0.25) is 0 Å². The van der Waals surface area contributed by atoms with E-state index in [0.717, 1.165) is 38.5 Å². The Balaban J connectivity index is 4.08. The van der Waals surface area contributed by atoms with E-state index in [1.807, 2.05) is 21.1 Å². The molecule has 0 fully saturated rings. The molecule has 0 bridgehead atoms. The van der Waals surface area contributed by atoms with Gasteiger partial charge < -0.3 is 28.6 Å². The van der Waals surface area contributed by atoms with E-state index in [9.17, 15) is 19.5 Å². The van der Waals surface area contributed by atoms with Crippen LogP contribution >= 0.6 is 0 Å². The standard InChI is InChI=1S/C62H119NO7/c1-6-8-10-12-14-16-18-20-22-24-26-28-30-32-34-36-38-40-42-44-46-48-50-52-60(64)69-57-58(56-68-55-54-59(62(66)67)63(3,4)5)70-61(65)53-51-49-47-45-43-41-39-37-35-33-31-29-27-25-23-21-19-17-15-13-11-9-7-2/h25,27,58-59H,6-24,26,28-57H2,1-5H3/b27-25-. The lowest BCUT2D eigenvalue weighted by Crippen LogP contribution is -2.55. The van der Waals surface area contributed by atoms with Crippen LogP contribution in [-0.4, -0.2) is 75.5 Å². The van der Waals surface area contributed by atoms with Crippen molar-refractivity contribution in [2.45, 2.75) is 328 Å². The zero-order chi connectivity index (χ0) is 51.3. The minimum Gasteiger partial charge on any atom is -0.544 e. The molecule has 0 rings (SSSR count). The number of quaternary nitrogens is 1. The highest BCUT2D eigenvalue weighted by Crippen LogP contribution is 2.18. The van der Waals surface area contributed by atoms with Crippen molar-refractivity contribution in [3.63, 3.8) is 0 Å². The number of carboxylic acid groups (broad SMARTS) is 1. The van der Waals surface area contributed by atoms with Crippen molar-refractivity contribution in [1.29, 1.82) is 0 Å². The predicted octanol–water partition coefficient (Wildman–Crippen LogP) is 17.2. The van der Waals surface area contributed by atoms with Gasteiger partial charge in [-0.1, -0.05) is 270 Å². The summed E-state index contributed by atoms with van der Waals surface area (Å²) in [6, 6.07) is -0.723. The highest BCUT2D eigenvalue weighted by Gasteiger charge is 2.25. The third kappa shape index (κ3) is 51.0. The zero-order valence-corrected chi connectivity index (χ0v) is 47.5. The lowest BCUT2D eigenvalue weighted by Gasteiger charge is -2.34. The minimum absolute atomic E-state index is 0.0474. The number of hydrogen-bond donors (Lipinski definition) is 0. The molecule has 0 saturated carbocycles. The van der Waals surface area contributed by atoms with Gasteiger partial charge in [0, 0.05) is 19.3 Å². The fourth-order valence-electron chi connectivity index (χ4n) is 9.66. The Morgan fingerprint density at radius 2 is 0.714 bits per heavy atom. The molecule has 414 valence electrons. The molecule has 0 saturated heterocycles. The molecule has 0 aliphatic rings. The van der Waals surface area contributed by atoms with Crippen molar-refractivity contribution in [3.8, 4) is 0 Å². The lowest BCUT2D eigenvalue weighted by atomic mass is 10.0. The second-order valence-corrected chi connectivity index (χ2v) is 22.3. The summed E-state index contributed by atoms with van der Waals surface area (Å²) < 4.78 is 17.3. The lowest BCUT2D eigenvalue weighted by molar-refractivity contribution is -0.889. The van der Waals surface area contributed by atoms with Crippen LogP contribution in [-0.2, 0) is 28.6 Å². The molecular weight excluding hydrogens is 871 g/mol. The molecule has 8 heteroatoms. The average Bonchev–Trinajstić information content (AvgIpc) is 3.33. The first kappa shape index (κ1) is 68.1. The van der Waals surface area contributed by atoms with Crippen LogP contribution < -0.4 is 5.11 Å². The van der Waals surface area contributed by atoms with E-state index in [-0.39, 0.29) is 42.7 Å². The molecule has 8 nitrogen and oxygen atoms in total. The Labute approximate surface area is 435 Å². The number of aliphatic carboxylic acids is 1. The predicted molar refractivity (Wildman–Crippen MR) is 296 cm³/mol. The van der Waals surface area contributed by atoms with E-state index in [1.54, 1.807) is 0 Å². The molecule has 0 radical (unpaired) electrons. The maximum Gasteiger partial charge on any atom is 0.306 e. The second kappa shape index (κ2) is 53.4. The second-order valence-electron chi connectivity index (χ2n) is 22.3. The third-order valence-corrected chi connectivity index (χ3v) is 14.4. The SMILES string of the molecule is CCCCCCCCCC/C=C\CCCCCCCCCCCCCC(=O)OC(COCCC(C(=O)[O-])[N+](C)(C)C)COC(=O)CCCCCCCCCCCCCCCCCCCCCCCCC. The van der Waals surface area contributed by atoms with E-state index in [2.05, 4.69) is 26.0 Å². The number of allylic oxidation sites excluding steroid dienone is 2. The van der Waals surface area contributed by atoms with Gasteiger partial charge in [-0.25, -0.2) is 0 Å². The maximum absolute atomic E-state index is 12.9. The molecule has 0 aliphatic heterocycles. The average molecular weight is 991 g/mol. The number of carbonyl (C=O) groups is 3. The number of nitrogens with zero attached hydrogens (tertiary/aromatic N) is 1. The van der Waals surface area contributed by atoms with Crippen LogP contribution in [0.4, 0.5) is 0 Å². The zero-order valence-electron chi connectivity index (χ0n) is 47.5. The summed E-state index contributed by atoms with van der Waals surface area (Å²) in [5, 5.41) is 11.7. The summed E-state index contributed by atoms with van der Waals surface area (Å²) in [4.78, 5) is 37.2. The molecule has 0 aromatic heterocycles. The Hall–Kier alpha value is -1.93. The van der Waals surface area contributed by atoms with Crippen molar-refractivity contribution in [2.75, 3.05) is 41.0 Å². The highest BCUT2D eigenvalue weighted by molar-refractivity contribution is 5.70. The van der Waals surface area contributed by atoms with Crippen molar-refractivity contribution >= 4 is 17.9 Å². The summed E-state index contributed by atoms with van der Waals surface area (Å²) in [5.74, 6) is -1.71. The van der Waals surface area contributed by atoms with Crippen LogP contribution in [0, 0.1) is 0 Å². The Kier molecular flexibility index (Phi) is 51.9. The van der Waals surface area contributed by atoms with Crippen LogP contribution in [0.2, 0.25) is 0 Å². The number of likely N-dealkylation sites (N-methyl/N-ethyl adjacent to an activating group) is 1. The third-order valence-electron chi connectivity index (χ3n) is 14.4. The minimum atomic E-state index is -1.12. The normalized spacial score (nSPS) is 12.8. The van der Waals surface area contributed by atoms with Gasteiger partial charge in [0.25, 0.3) is 0 Å². The summed E-state index contributed by atoms with van der Waals surface area (Å²) >= 11 is 0. The number of unbranched alkanes of at least 4 members (excludes halogenated alkanes) is 41. The molecule has 70 heavy (non-hydrogen) atoms. The van der Waals surface area contributed by atoms with Gasteiger partial charge in [0.1, 0.15) is 12.6 Å². The number of rotatable bonds is 57. The molecule has 0 aromatic rings. The van der Waals surface area contributed by atoms with E-state index >= 15 is 0 Å². The van der Waals surface area contributed by atoms with E-state index < -0.39 is 18.1 Å². The number of carboxylic acids is 1.